The maximum Gasteiger partial charge on any atom is 0.295 e. The fraction of sp³-hybridized carbons (Fsp3) is 0.238. The zero-order valence-electron chi connectivity index (χ0n) is 16.4. The number of nitrogens with zero attached hydrogens (tertiary/aromatic N) is 4. The van der Waals surface area contributed by atoms with E-state index in [9.17, 15) is 9.59 Å². The van der Waals surface area contributed by atoms with E-state index < -0.39 is 11.8 Å². The van der Waals surface area contributed by atoms with E-state index in [0.29, 0.717) is 22.1 Å². The maximum absolute atomic E-state index is 12.9. The van der Waals surface area contributed by atoms with Crippen LogP contribution < -0.4 is 16.0 Å². The molecule has 1 fully saturated rings. The first-order chi connectivity index (χ1) is 14.4. The molecule has 8 nitrogen and oxygen atoms in total. The molecule has 0 bridgehead atoms. The van der Waals surface area contributed by atoms with Gasteiger partial charge in [0, 0.05) is 23.7 Å². The van der Waals surface area contributed by atoms with E-state index in [2.05, 4.69) is 20.3 Å². The molecule has 0 unspecified atom stereocenters. The predicted octanol–water partition coefficient (Wildman–Crippen LogP) is 3.18. The number of aromatic nitrogens is 3. The van der Waals surface area contributed by atoms with Crippen molar-refractivity contribution in [2.24, 2.45) is 5.73 Å². The van der Waals surface area contributed by atoms with Crippen LogP contribution in [0.4, 0.5) is 11.4 Å². The molecule has 0 radical (unpaired) electrons. The van der Waals surface area contributed by atoms with Gasteiger partial charge in [-0.05, 0) is 62.2 Å². The summed E-state index contributed by atoms with van der Waals surface area (Å²) in [5.74, 6) is -0.431. The predicted molar refractivity (Wildman–Crippen MR) is 115 cm³/mol. The van der Waals surface area contributed by atoms with E-state index in [-0.39, 0.29) is 5.82 Å². The summed E-state index contributed by atoms with van der Waals surface area (Å²) in [5.41, 5.74) is 7.85. The smallest absolute Gasteiger partial charge is 0.295 e. The van der Waals surface area contributed by atoms with Crippen LogP contribution in [-0.4, -0.2) is 39.7 Å². The van der Waals surface area contributed by atoms with Gasteiger partial charge in [0.1, 0.15) is 5.82 Å². The highest BCUT2D eigenvalue weighted by molar-refractivity contribution is 6.30. The van der Waals surface area contributed by atoms with Crippen LogP contribution in [0, 0.1) is 6.92 Å². The SMILES string of the molecule is Cc1nc(C(=O)Nc2cc(C(N)=O)ccc2N2CCCC2)nn1-c1ccc(Cl)cc1. The van der Waals surface area contributed by atoms with Crippen molar-refractivity contribution >= 4 is 34.8 Å². The molecule has 0 aliphatic carbocycles. The van der Waals surface area contributed by atoms with Crippen LogP contribution >= 0.6 is 11.6 Å². The number of nitrogens with two attached hydrogens (primary N) is 1. The maximum atomic E-state index is 12.9. The number of hydrogen-bond acceptors (Lipinski definition) is 5. The van der Waals surface area contributed by atoms with Crippen molar-refractivity contribution in [3.05, 3.63) is 64.7 Å². The first kappa shape index (κ1) is 19.9. The second-order valence-corrected chi connectivity index (χ2v) is 7.55. The van der Waals surface area contributed by atoms with Gasteiger partial charge in [-0.2, -0.15) is 0 Å². The zero-order chi connectivity index (χ0) is 21.3. The Morgan fingerprint density at radius 1 is 1.10 bits per heavy atom. The number of rotatable bonds is 5. The average Bonchev–Trinajstić information content (AvgIpc) is 3.38. The molecular weight excluding hydrogens is 404 g/mol. The third-order valence-corrected chi connectivity index (χ3v) is 5.27. The summed E-state index contributed by atoms with van der Waals surface area (Å²) < 4.78 is 1.58. The van der Waals surface area contributed by atoms with Gasteiger partial charge in [0.05, 0.1) is 17.1 Å². The molecule has 1 saturated heterocycles. The number of anilines is 2. The van der Waals surface area contributed by atoms with Gasteiger partial charge >= 0.3 is 0 Å². The molecule has 3 aromatic rings. The van der Waals surface area contributed by atoms with Crippen LogP contribution in [0.3, 0.4) is 0 Å². The highest BCUT2D eigenvalue weighted by Gasteiger charge is 2.21. The minimum atomic E-state index is -0.556. The lowest BCUT2D eigenvalue weighted by Crippen LogP contribution is -2.22. The summed E-state index contributed by atoms with van der Waals surface area (Å²) in [6, 6.07) is 12.2. The number of carbonyl (C=O) groups is 2. The van der Waals surface area contributed by atoms with E-state index >= 15 is 0 Å². The van der Waals surface area contributed by atoms with Crippen molar-refractivity contribution in [1.82, 2.24) is 14.8 Å². The highest BCUT2D eigenvalue weighted by atomic mass is 35.5. The van der Waals surface area contributed by atoms with Crippen molar-refractivity contribution in [3.8, 4) is 5.69 Å². The summed E-state index contributed by atoms with van der Waals surface area (Å²) in [4.78, 5) is 31.0. The molecule has 0 spiro atoms. The molecule has 1 aliphatic heterocycles. The molecule has 9 heteroatoms. The summed E-state index contributed by atoms with van der Waals surface area (Å²) >= 11 is 5.94. The minimum absolute atomic E-state index is 0.0271. The molecule has 0 atom stereocenters. The first-order valence-electron chi connectivity index (χ1n) is 9.62. The van der Waals surface area contributed by atoms with E-state index in [4.69, 9.17) is 17.3 Å². The lowest BCUT2D eigenvalue weighted by atomic mass is 10.1. The largest absolute Gasteiger partial charge is 0.370 e. The molecule has 2 heterocycles. The van der Waals surface area contributed by atoms with Gasteiger partial charge in [-0.1, -0.05) is 11.6 Å². The van der Waals surface area contributed by atoms with Crippen LogP contribution in [0.2, 0.25) is 5.02 Å². The molecule has 1 aliphatic rings. The lowest BCUT2D eigenvalue weighted by Gasteiger charge is -2.21. The van der Waals surface area contributed by atoms with Gasteiger partial charge in [0.2, 0.25) is 11.7 Å². The second kappa shape index (κ2) is 8.16. The van der Waals surface area contributed by atoms with Gasteiger partial charge < -0.3 is 16.0 Å². The molecule has 1 aromatic heterocycles. The number of nitrogens with one attached hydrogen (secondary N) is 1. The standard InChI is InChI=1S/C21H21ClN6O2/c1-13-24-20(26-28(13)16-7-5-15(22)6-8-16)21(30)25-17-12-14(19(23)29)4-9-18(17)27-10-2-3-11-27/h4-9,12H,2-3,10-11H2,1H3,(H2,23,29)(H,25,30). The zero-order valence-corrected chi connectivity index (χ0v) is 17.2. The monoisotopic (exact) mass is 424 g/mol. The van der Waals surface area contributed by atoms with Gasteiger partial charge in [0.25, 0.3) is 5.91 Å². The molecule has 30 heavy (non-hydrogen) atoms. The van der Waals surface area contributed by atoms with E-state index in [1.807, 2.05) is 6.07 Å². The first-order valence-corrected chi connectivity index (χ1v) is 10.00. The Morgan fingerprint density at radius 3 is 2.47 bits per heavy atom. The van der Waals surface area contributed by atoms with Crippen LogP contribution in [0.1, 0.15) is 39.6 Å². The van der Waals surface area contributed by atoms with Crippen molar-refractivity contribution in [2.75, 3.05) is 23.3 Å². The Balaban J connectivity index is 1.63. The van der Waals surface area contributed by atoms with Gasteiger partial charge in [0.15, 0.2) is 0 Å². The minimum Gasteiger partial charge on any atom is -0.370 e. The average molecular weight is 425 g/mol. The number of hydrogen-bond donors (Lipinski definition) is 2. The van der Waals surface area contributed by atoms with Crippen molar-refractivity contribution < 1.29 is 9.59 Å². The van der Waals surface area contributed by atoms with E-state index in [1.165, 1.54) is 0 Å². The Kier molecular flexibility index (Phi) is 5.41. The summed E-state index contributed by atoms with van der Waals surface area (Å²) in [5, 5.41) is 7.80. The van der Waals surface area contributed by atoms with Crippen LogP contribution in [0.5, 0.6) is 0 Å². The molecular formula is C21H21ClN6O2. The molecule has 2 amide bonds. The topological polar surface area (TPSA) is 106 Å². The number of carbonyl (C=O) groups excluding carboxylic acids is 2. The highest BCUT2D eigenvalue weighted by Crippen LogP contribution is 2.30. The number of amides is 2. The summed E-state index contributed by atoms with van der Waals surface area (Å²) in [7, 11) is 0. The number of aryl methyl sites for hydroxylation is 1. The number of halogens is 1. The van der Waals surface area contributed by atoms with Crippen LogP contribution in [-0.2, 0) is 0 Å². The molecule has 4 rings (SSSR count). The number of primary amides is 1. The van der Waals surface area contributed by atoms with Crippen molar-refractivity contribution in [1.29, 1.82) is 0 Å². The third-order valence-electron chi connectivity index (χ3n) is 5.02. The fourth-order valence-electron chi connectivity index (χ4n) is 3.51. The van der Waals surface area contributed by atoms with E-state index in [1.54, 1.807) is 48.0 Å². The van der Waals surface area contributed by atoms with Crippen molar-refractivity contribution in [2.45, 2.75) is 19.8 Å². The van der Waals surface area contributed by atoms with Crippen LogP contribution in [0.15, 0.2) is 42.5 Å². The second-order valence-electron chi connectivity index (χ2n) is 7.12. The van der Waals surface area contributed by atoms with Gasteiger partial charge in [-0.15, -0.1) is 5.10 Å². The lowest BCUT2D eigenvalue weighted by molar-refractivity contribution is 0.0994. The fourth-order valence-corrected chi connectivity index (χ4v) is 3.64. The summed E-state index contributed by atoms with van der Waals surface area (Å²) in [6.07, 6.45) is 2.16. The van der Waals surface area contributed by atoms with Crippen molar-refractivity contribution in [3.63, 3.8) is 0 Å². The molecule has 2 aromatic carbocycles. The quantitative estimate of drug-likeness (QED) is 0.654. The van der Waals surface area contributed by atoms with Gasteiger partial charge in [-0.25, -0.2) is 9.67 Å². The Morgan fingerprint density at radius 2 is 1.80 bits per heavy atom. The normalized spacial score (nSPS) is 13.5. The number of benzene rings is 2. The van der Waals surface area contributed by atoms with Gasteiger partial charge in [-0.3, -0.25) is 9.59 Å². The summed E-state index contributed by atoms with van der Waals surface area (Å²) in [6.45, 7) is 3.55. The third kappa shape index (κ3) is 3.99. The Bertz CT molecular complexity index is 1100. The molecule has 3 N–H and O–H groups in total. The van der Waals surface area contributed by atoms with E-state index in [0.717, 1.165) is 37.3 Å². The Labute approximate surface area is 178 Å². The van der Waals surface area contributed by atoms with Crippen LogP contribution in [0.25, 0.3) is 5.69 Å². The molecule has 0 saturated carbocycles. The molecule has 154 valence electrons. The Hall–Kier alpha value is -3.39.